The van der Waals surface area contributed by atoms with Crippen LogP contribution in [0.15, 0.2) is 22.8 Å². The predicted octanol–water partition coefficient (Wildman–Crippen LogP) is 3.10. The molecule has 1 atom stereocenters. The molecule has 1 aliphatic heterocycles. The molecule has 1 amide bonds. The number of hydrogen-bond donors (Lipinski definition) is 1. The molecular formula is C16H21BrN2O4. The summed E-state index contributed by atoms with van der Waals surface area (Å²) in [4.78, 5) is 29.7. The molecule has 0 saturated carbocycles. The number of carbonyl (C=O) groups excluding carboxylic acids is 1. The molecular weight excluding hydrogens is 364 g/mol. The number of carboxylic acid groups (broad SMARTS) is 1. The Morgan fingerprint density at radius 3 is 2.65 bits per heavy atom. The molecule has 7 heteroatoms. The lowest BCUT2D eigenvalue weighted by Crippen LogP contribution is -2.40. The zero-order valence-corrected chi connectivity index (χ0v) is 15.1. The van der Waals surface area contributed by atoms with E-state index < -0.39 is 23.1 Å². The van der Waals surface area contributed by atoms with Gasteiger partial charge in [-0.1, -0.05) is 0 Å². The van der Waals surface area contributed by atoms with Gasteiger partial charge in [-0.05, 0) is 55.3 Å². The number of aliphatic carboxylic acids is 1. The minimum atomic E-state index is -1.02. The van der Waals surface area contributed by atoms with E-state index in [9.17, 15) is 14.7 Å². The zero-order valence-electron chi connectivity index (χ0n) is 13.5. The van der Waals surface area contributed by atoms with Gasteiger partial charge in [0.25, 0.3) is 0 Å². The molecule has 126 valence electrons. The van der Waals surface area contributed by atoms with Crippen LogP contribution >= 0.6 is 15.9 Å². The molecule has 6 nitrogen and oxygen atoms in total. The maximum atomic E-state index is 12.2. The summed E-state index contributed by atoms with van der Waals surface area (Å²) in [6.45, 7) is 5.87. The van der Waals surface area contributed by atoms with Gasteiger partial charge in [0.2, 0.25) is 0 Å². The quantitative estimate of drug-likeness (QED) is 0.865. The summed E-state index contributed by atoms with van der Waals surface area (Å²) in [5.41, 5.74) is -0.919. The van der Waals surface area contributed by atoms with Crippen LogP contribution in [0.5, 0.6) is 0 Å². The highest BCUT2D eigenvalue weighted by molar-refractivity contribution is 9.10. The standard InChI is InChI=1S/C16H21BrN2O4/c1-15(2,3)23-14(22)19-7-6-16(10-19,13(20)21)8-12-5-4-11(17)9-18-12/h4-5,9H,6-8,10H2,1-3H3,(H,20,21). The molecule has 2 rings (SSSR count). The Hall–Kier alpha value is -1.63. The van der Waals surface area contributed by atoms with E-state index in [4.69, 9.17) is 4.74 Å². The molecule has 1 aromatic rings. The fourth-order valence-electron chi connectivity index (χ4n) is 2.61. The Kier molecular flexibility index (Phi) is 4.98. The molecule has 0 aromatic carbocycles. The lowest BCUT2D eigenvalue weighted by atomic mass is 9.82. The lowest BCUT2D eigenvalue weighted by Gasteiger charge is -2.27. The van der Waals surface area contributed by atoms with Crippen molar-refractivity contribution in [2.24, 2.45) is 5.41 Å². The van der Waals surface area contributed by atoms with Gasteiger partial charge in [-0.2, -0.15) is 0 Å². The third kappa shape index (κ3) is 4.43. The summed E-state index contributed by atoms with van der Waals surface area (Å²) in [6, 6.07) is 3.63. The largest absolute Gasteiger partial charge is 0.481 e. The van der Waals surface area contributed by atoms with E-state index in [0.29, 0.717) is 18.7 Å². The summed E-state index contributed by atoms with van der Waals surface area (Å²) in [5.74, 6) is -0.909. The number of amides is 1. The third-order valence-corrected chi connectivity index (χ3v) is 4.24. The highest BCUT2D eigenvalue weighted by atomic mass is 79.9. The molecule has 1 unspecified atom stereocenters. The van der Waals surface area contributed by atoms with Crippen LogP contribution < -0.4 is 0 Å². The van der Waals surface area contributed by atoms with Gasteiger partial charge in [-0.25, -0.2) is 4.79 Å². The fourth-order valence-corrected chi connectivity index (χ4v) is 2.84. The SMILES string of the molecule is CC(C)(C)OC(=O)N1CCC(Cc2ccc(Br)cn2)(C(=O)O)C1. The van der Waals surface area contributed by atoms with Gasteiger partial charge in [0.15, 0.2) is 0 Å². The zero-order chi connectivity index (χ0) is 17.3. The van der Waals surface area contributed by atoms with Crippen molar-refractivity contribution in [3.63, 3.8) is 0 Å². The van der Waals surface area contributed by atoms with Crippen molar-refractivity contribution in [1.82, 2.24) is 9.88 Å². The maximum Gasteiger partial charge on any atom is 0.410 e. The highest BCUT2D eigenvalue weighted by Crippen LogP contribution is 2.35. The van der Waals surface area contributed by atoms with Gasteiger partial charge in [-0.15, -0.1) is 0 Å². The second-order valence-corrected chi connectivity index (χ2v) is 7.80. The van der Waals surface area contributed by atoms with E-state index in [2.05, 4.69) is 20.9 Å². The van der Waals surface area contributed by atoms with E-state index in [1.807, 2.05) is 6.07 Å². The number of nitrogens with zero attached hydrogens (tertiary/aromatic N) is 2. The first-order chi connectivity index (χ1) is 10.6. The second kappa shape index (κ2) is 6.47. The van der Waals surface area contributed by atoms with Crippen molar-refractivity contribution in [2.45, 2.75) is 39.2 Å². The van der Waals surface area contributed by atoms with Crippen molar-refractivity contribution < 1.29 is 19.4 Å². The highest BCUT2D eigenvalue weighted by Gasteiger charge is 2.47. The van der Waals surface area contributed by atoms with Crippen LogP contribution in [-0.2, 0) is 16.0 Å². The fraction of sp³-hybridized carbons (Fsp3) is 0.562. The van der Waals surface area contributed by atoms with Gasteiger partial charge in [-0.3, -0.25) is 9.78 Å². The van der Waals surface area contributed by atoms with Gasteiger partial charge in [0, 0.05) is 35.9 Å². The Balaban J connectivity index is 2.12. The summed E-state index contributed by atoms with van der Waals surface area (Å²) < 4.78 is 6.17. The van der Waals surface area contributed by atoms with Crippen molar-refractivity contribution in [1.29, 1.82) is 0 Å². The first-order valence-corrected chi connectivity index (χ1v) is 8.22. The van der Waals surface area contributed by atoms with E-state index in [-0.39, 0.29) is 13.0 Å². The van der Waals surface area contributed by atoms with Crippen LogP contribution in [0.3, 0.4) is 0 Å². The van der Waals surface area contributed by atoms with Crippen LogP contribution in [-0.4, -0.2) is 45.7 Å². The van der Waals surface area contributed by atoms with Gasteiger partial charge in [0.1, 0.15) is 5.60 Å². The van der Waals surface area contributed by atoms with E-state index in [0.717, 1.165) is 4.47 Å². The molecule has 23 heavy (non-hydrogen) atoms. The first kappa shape index (κ1) is 17.7. The smallest absolute Gasteiger partial charge is 0.410 e. The third-order valence-electron chi connectivity index (χ3n) is 3.77. The first-order valence-electron chi connectivity index (χ1n) is 7.43. The van der Waals surface area contributed by atoms with E-state index >= 15 is 0 Å². The topological polar surface area (TPSA) is 79.7 Å². The molecule has 1 aliphatic rings. The summed E-state index contributed by atoms with van der Waals surface area (Å²) in [7, 11) is 0. The monoisotopic (exact) mass is 384 g/mol. The van der Waals surface area contributed by atoms with Crippen molar-refractivity contribution >= 4 is 28.0 Å². The Bertz CT molecular complexity index is 597. The number of pyridine rings is 1. The van der Waals surface area contributed by atoms with Gasteiger partial charge >= 0.3 is 12.1 Å². The Morgan fingerprint density at radius 1 is 1.43 bits per heavy atom. The number of carbonyl (C=O) groups is 2. The Labute approximate surface area is 144 Å². The van der Waals surface area contributed by atoms with Crippen molar-refractivity contribution in [3.8, 4) is 0 Å². The normalized spacial score (nSPS) is 21.3. The summed E-state index contributed by atoms with van der Waals surface area (Å²) in [6.07, 6.45) is 1.85. The molecule has 2 heterocycles. The molecule has 1 N–H and O–H groups in total. The van der Waals surface area contributed by atoms with Crippen LogP contribution in [0.1, 0.15) is 32.9 Å². The molecule has 0 bridgehead atoms. The number of carboxylic acids is 1. The molecule has 0 aliphatic carbocycles. The van der Waals surface area contributed by atoms with E-state index in [1.165, 1.54) is 4.90 Å². The molecule has 1 fully saturated rings. The second-order valence-electron chi connectivity index (χ2n) is 6.88. The molecule has 1 aromatic heterocycles. The minimum absolute atomic E-state index is 0.134. The van der Waals surface area contributed by atoms with Crippen molar-refractivity contribution in [3.05, 3.63) is 28.5 Å². The molecule has 0 spiro atoms. The Morgan fingerprint density at radius 2 is 2.13 bits per heavy atom. The maximum absolute atomic E-state index is 12.2. The molecule has 0 radical (unpaired) electrons. The summed E-state index contributed by atoms with van der Waals surface area (Å²) in [5, 5.41) is 9.70. The number of hydrogen-bond acceptors (Lipinski definition) is 4. The van der Waals surface area contributed by atoms with Crippen molar-refractivity contribution in [2.75, 3.05) is 13.1 Å². The van der Waals surface area contributed by atoms with Crippen LogP contribution in [0, 0.1) is 5.41 Å². The van der Waals surface area contributed by atoms with E-state index in [1.54, 1.807) is 33.0 Å². The van der Waals surface area contributed by atoms with Gasteiger partial charge < -0.3 is 14.7 Å². The van der Waals surface area contributed by atoms with Crippen LogP contribution in [0.4, 0.5) is 4.79 Å². The van der Waals surface area contributed by atoms with Crippen LogP contribution in [0.2, 0.25) is 0 Å². The average Bonchev–Trinajstić information content (AvgIpc) is 2.85. The number of halogens is 1. The van der Waals surface area contributed by atoms with Gasteiger partial charge in [0.05, 0.1) is 5.41 Å². The average molecular weight is 385 g/mol. The predicted molar refractivity (Wildman–Crippen MR) is 88.1 cm³/mol. The summed E-state index contributed by atoms with van der Waals surface area (Å²) >= 11 is 3.31. The molecule has 1 saturated heterocycles. The number of ether oxygens (including phenoxy) is 1. The van der Waals surface area contributed by atoms with Crippen LogP contribution in [0.25, 0.3) is 0 Å². The minimum Gasteiger partial charge on any atom is -0.481 e. The number of rotatable bonds is 3. The number of likely N-dealkylation sites (tertiary alicyclic amines) is 1. The number of aromatic nitrogens is 1. The lowest BCUT2D eigenvalue weighted by molar-refractivity contribution is -0.148.